The Hall–Kier alpha value is -2.13. The molecule has 1 aliphatic heterocycles. The molecule has 3 heteroatoms. The largest absolute Gasteiger partial charge is 0.378 e. The highest BCUT2D eigenvalue weighted by Crippen LogP contribution is 2.21. The number of hydrogen-bond acceptors (Lipinski definition) is 3. The summed E-state index contributed by atoms with van der Waals surface area (Å²) in [5.41, 5.74) is 5.91. The molecule has 3 nitrogen and oxygen atoms in total. The second kappa shape index (κ2) is 6.75. The van der Waals surface area contributed by atoms with Crippen molar-refractivity contribution in [2.45, 2.75) is 13.8 Å². The predicted molar refractivity (Wildman–Crippen MR) is 92.6 cm³/mol. The average Bonchev–Trinajstić information content (AvgIpc) is 2.56. The van der Waals surface area contributed by atoms with Crippen molar-refractivity contribution in [2.75, 3.05) is 31.2 Å². The molecular weight excluding hydrogens is 272 g/mol. The monoisotopic (exact) mass is 294 g/mol. The highest BCUT2D eigenvalue weighted by molar-refractivity contribution is 5.85. The lowest BCUT2D eigenvalue weighted by molar-refractivity contribution is 0.122. The van der Waals surface area contributed by atoms with Crippen LogP contribution < -0.4 is 4.90 Å². The summed E-state index contributed by atoms with van der Waals surface area (Å²) >= 11 is 0. The van der Waals surface area contributed by atoms with Crippen molar-refractivity contribution < 1.29 is 4.74 Å². The summed E-state index contributed by atoms with van der Waals surface area (Å²) < 4.78 is 5.41. The van der Waals surface area contributed by atoms with Gasteiger partial charge in [0.15, 0.2) is 0 Å². The lowest BCUT2D eigenvalue weighted by Gasteiger charge is -2.29. The molecule has 114 valence electrons. The van der Waals surface area contributed by atoms with Crippen molar-refractivity contribution in [1.82, 2.24) is 0 Å². The zero-order valence-corrected chi connectivity index (χ0v) is 13.2. The maximum atomic E-state index is 5.41. The molecule has 3 rings (SSSR count). The van der Waals surface area contributed by atoms with Crippen LogP contribution in [0.5, 0.6) is 0 Å². The highest BCUT2D eigenvalue weighted by Gasteiger charge is 2.11. The Morgan fingerprint density at radius 3 is 2.50 bits per heavy atom. The van der Waals surface area contributed by atoms with Gasteiger partial charge in [-0.25, -0.2) is 0 Å². The molecule has 1 saturated heterocycles. The molecule has 0 saturated carbocycles. The molecule has 0 unspecified atom stereocenters. The first-order valence-electron chi connectivity index (χ1n) is 7.77. The fourth-order valence-corrected chi connectivity index (χ4v) is 2.67. The Morgan fingerprint density at radius 1 is 1.00 bits per heavy atom. The van der Waals surface area contributed by atoms with E-state index in [1.54, 1.807) is 0 Å². The molecule has 0 N–H and O–H groups in total. The van der Waals surface area contributed by atoms with E-state index in [0.717, 1.165) is 32.0 Å². The molecule has 0 aliphatic carbocycles. The molecule has 1 aliphatic rings. The van der Waals surface area contributed by atoms with Crippen molar-refractivity contribution >= 4 is 17.6 Å². The molecule has 0 spiro atoms. The number of benzene rings is 2. The first-order valence-corrected chi connectivity index (χ1v) is 7.77. The van der Waals surface area contributed by atoms with E-state index in [9.17, 15) is 0 Å². The van der Waals surface area contributed by atoms with E-state index in [2.05, 4.69) is 48.0 Å². The van der Waals surface area contributed by atoms with E-state index in [1.807, 2.05) is 24.4 Å². The van der Waals surface area contributed by atoms with Gasteiger partial charge in [0, 0.05) is 25.0 Å². The number of ether oxygens (including phenoxy) is 1. The lowest BCUT2D eigenvalue weighted by atomic mass is 10.1. The molecular formula is C19H22N2O. The lowest BCUT2D eigenvalue weighted by Crippen LogP contribution is -2.36. The molecule has 0 bridgehead atoms. The Balaban J connectivity index is 1.79. The smallest absolute Gasteiger partial charge is 0.0659 e. The number of morpholine rings is 1. The summed E-state index contributed by atoms with van der Waals surface area (Å²) in [6, 6.07) is 14.8. The fourth-order valence-electron chi connectivity index (χ4n) is 2.67. The summed E-state index contributed by atoms with van der Waals surface area (Å²) in [7, 11) is 0. The summed E-state index contributed by atoms with van der Waals surface area (Å²) in [6.45, 7) is 7.79. The minimum absolute atomic E-state index is 0.815. The number of para-hydroxylation sites is 1. The van der Waals surface area contributed by atoms with Crippen molar-refractivity contribution in [3.05, 3.63) is 59.2 Å². The van der Waals surface area contributed by atoms with Crippen LogP contribution in [0.25, 0.3) is 0 Å². The minimum atomic E-state index is 0.815. The summed E-state index contributed by atoms with van der Waals surface area (Å²) in [5, 5.41) is 0. The highest BCUT2D eigenvalue weighted by atomic mass is 16.5. The normalized spacial score (nSPS) is 15.5. The second-order valence-corrected chi connectivity index (χ2v) is 5.68. The molecule has 0 radical (unpaired) electrons. The van der Waals surface area contributed by atoms with Gasteiger partial charge in [0.2, 0.25) is 0 Å². The predicted octanol–water partition coefficient (Wildman–Crippen LogP) is 3.89. The molecule has 2 aromatic rings. The molecule has 0 amide bonds. The van der Waals surface area contributed by atoms with Crippen LogP contribution in [0.1, 0.15) is 16.7 Å². The van der Waals surface area contributed by atoms with Crippen LogP contribution >= 0.6 is 0 Å². The zero-order chi connectivity index (χ0) is 15.4. The maximum absolute atomic E-state index is 5.41. The molecule has 1 heterocycles. The minimum Gasteiger partial charge on any atom is -0.378 e. The number of aryl methyl sites for hydroxylation is 2. The Bertz CT molecular complexity index is 673. The maximum Gasteiger partial charge on any atom is 0.0659 e. The first-order chi connectivity index (χ1) is 10.7. The van der Waals surface area contributed by atoms with Gasteiger partial charge in [0.25, 0.3) is 0 Å². The van der Waals surface area contributed by atoms with Gasteiger partial charge in [-0.15, -0.1) is 0 Å². The van der Waals surface area contributed by atoms with Crippen LogP contribution in [0, 0.1) is 13.8 Å². The second-order valence-electron chi connectivity index (χ2n) is 5.68. The van der Waals surface area contributed by atoms with Crippen molar-refractivity contribution in [1.29, 1.82) is 0 Å². The Morgan fingerprint density at radius 2 is 1.77 bits per heavy atom. The first kappa shape index (κ1) is 14.8. The van der Waals surface area contributed by atoms with Gasteiger partial charge in [-0.05, 0) is 48.7 Å². The van der Waals surface area contributed by atoms with Crippen LogP contribution in [-0.4, -0.2) is 32.5 Å². The van der Waals surface area contributed by atoms with Gasteiger partial charge in [-0.3, -0.25) is 4.99 Å². The van der Waals surface area contributed by atoms with Gasteiger partial charge in [-0.1, -0.05) is 24.3 Å². The Labute approximate surface area is 132 Å². The van der Waals surface area contributed by atoms with E-state index >= 15 is 0 Å². The summed E-state index contributed by atoms with van der Waals surface area (Å²) in [6.07, 6.45) is 1.96. The molecule has 2 aromatic carbocycles. The van der Waals surface area contributed by atoms with E-state index in [-0.39, 0.29) is 0 Å². The van der Waals surface area contributed by atoms with Gasteiger partial charge >= 0.3 is 0 Å². The average molecular weight is 294 g/mol. The fraction of sp³-hybridized carbons (Fsp3) is 0.316. The SMILES string of the molecule is Cc1cc(N2CCOCC2)ccc1C=Nc1ccccc1C. The zero-order valence-electron chi connectivity index (χ0n) is 13.2. The van der Waals surface area contributed by atoms with Crippen LogP contribution in [0.15, 0.2) is 47.5 Å². The van der Waals surface area contributed by atoms with Crippen LogP contribution in [0.2, 0.25) is 0 Å². The van der Waals surface area contributed by atoms with E-state index in [4.69, 9.17) is 4.74 Å². The standard InChI is InChI=1S/C19H22N2O/c1-15-5-3-4-6-19(15)20-14-17-7-8-18(13-16(17)2)21-9-11-22-12-10-21/h3-8,13-14H,9-12H2,1-2H3. The van der Waals surface area contributed by atoms with Crippen LogP contribution in [0.4, 0.5) is 11.4 Å². The van der Waals surface area contributed by atoms with Gasteiger partial charge in [-0.2, -0.15) is 0 Å². The van der Waals surface area contributed by atoms with E-state index < -0.39 is 0 Å². The Kier molecular flexibility index (Phi) is 4.54. The van der Waals surface area contributed by atoms with Crippen molar-refractivity contribution in [2.24, 2.45) is 4.99 Å². The third kappa shape index (κ3) is 3.37. The van der Waals surface area contributed by atoms with Crippen molar-refractivity contribution in [3.8, 4) is 0 Å². The van der Waals surface area contributed by atoms with Crippen LogP contribution in [0.3, 0.4) is 0 Å². The number of anilines is 1. The third-order valence-electron chi connectivity index (χ3n) is 4.09. The summed E-state index contributed by atoms with van der Waals surface area (Å²) in [5.74, 6) is 0. The van der Waals surface area contributed by atoms with Gasteiger partial charge in [0.1, 0.15) is 0 Å². The molecule has 1 fully saturated rings. The number of hydrogen-bond donors (Lipinski definition) is 0. The molecule has 22 heavy (non-hydrogen) atoms. The van der Waals surface area contributed by atoms with Gasteiger partial charge in [0.05, 0.1) is 18.9 Å². The summed E-state index contributed by atoms with van der Waals surface area (Å²) in [4.78, 5) is 6.99. The van der Waals surface area contributed by atoms with Gasteiger partial charge < -0.3 is 9.64 Å². The van der Waals surface area contributed by atoms with Crippen molar-refractivity contribution in [3.63, 3.8) is 0 Å². The third-order valence-corrected chi connectivity index (χ3v) is 4.09. The van der Waals surface area contributed by atoms with Crippen LogP contribution in [-0.2, 0) is 4.74 Å². The number of nitrogens with zero attached hydrogens (tertiary/aromatic N) is 2. The topological polar surface area (TPSA) is 24.8 Å². The molecule has 0 aromatic heterocycles. The van der Waals surface area contributed by atoms with E-state index in [1.165, 1.54) is 22.4 Å². The number of rotatable bonds is 3. The molecule has 0 atom stereocenters. The number of aliphatic imine (C=N–C) groups is 1. The quantitative estimate of drug-likeness (QED) is 0.802. The van der Waals surface area contributed by atoms with E-state index in [0.29, 0.717) is 0 Å².